The molecule has 1 fully saturated rings. The van der Waals surface area contributed by atoms with E-state index in [1.807, 2.05) is 6.07 Å². The Balaban J connectivity index is 2.03. The molecule has 90 valence electrons. The lowest BCUT2D eigenvalue weighted by Crippen LogP contribution is -2.49. The predicted molar refractivity (Wildman–Crippen MR) is 67.9 cm³/mol. The zero-order valence-electron chi connectivity index (χ0n) is 10.4. The Hall–Kier alpha value is -1.60. The second-order valence-corrected chi connectivity index (χ2v) is 4.63. The van der Waals surface area contributed by atoms with Crippen LogP contribution in [0.4, 0.5) is 5.82 Å². The van der Waals surface area contributed by atoms with Crippen molar-refractivity contribution in [2.45, 2.75) is 19.9 Å². The molecule has 0 radical (unpaired) electrons. The number of nitriles is 1. The Kier molecular flexibility index (Phi) is 3.60. The third-order valence-corrected chi connectivity index (χ3v) is 3.24. The minimum Gasteiger partial charge on any atom is -0.354 e. The van der Waals surface area contributed by atoms with Crippen LogP contribution in [0.3, 0.4) is 0 Å². The molecular formula is C13H18N4. The Labute approximate surface area is 102 Å². The summed E-state index contributed by atoms with van der Waals surface area (Å²) in [6, 6.07) is 6.37. The molecule has 0 bridgehead atoms. The first-order chi connectivity index (χ1) is 8.20. The van der Waals surface area contributed by atoms with Crippen molar-refractivity contribution in [1.29, 1.82) is 5.26 Å². The van der Waals surface area contributed by atoms with Crippen LogP contribution >= 0.6 is 0 Å². The Bertz CT molecular complexity index is 414. The number of rotatable bonds is 2. The largest absolute Gasteiger partial charge is 0.354 e. The Morgan fingerprint density at radius 1 is 1.29 bits per heavy atom. The van der Waals surface area contributed by atoms with E-state index in [4.69, 9.17) is 5.26 Å². The maximum absolute atomic E-state index is 8.87. The van der Waals surface area contributed by atoms with Gasteiger partial charge in [0.1, 0.15) is 5.82 Å². The second-order valence-electron chi connectivity index (χ2n) is 4.63. The average molecular weight is 230 g/mol. The van der Waals surface area contributed by atoms with Crippen LogP contribution in [0.25, 0.3) is 0 Å². The van der Waals surface area contributed by atoms with Crippen molar-refractivity contribution in [1.82, 2.24) is 9.88 Å². The molecule has 0 saturated carbocycles. The van der Waals surface area contributed by atoms with Crippen LogP contribution in [0.15, 0.2) is 18.3 Å². The molecule has 0 amide bonds. The van der Waals surface area contributed by atoms with E-state index in [9.17, 15) is 0 Å². The molecule has 0 aliphatic carbocycles. The third kappa shape index (κ3) is 2.75. The number of aromatic nitrogens is 1. The number of hydrogen-bond acceptors (Lipinski definition) is 4. The van der Waals surface area contributed by atoms with Crippen LogP contribution in [-0.4, -0.2) is 42.1 Å². The van der Waals surface area contributed by atoms with Crippen molar-refractivity contribution in [3.05, 3.63) is 23.9 Å². The average Bonchev–Trinajstić information content (AvgIpc) is 2.39. The van der Waals surface area contributed by atoms with Gasteiger partial charge >= 0.3 is 0 Å². The van der Waals surface area contributed by atoms with Crippen molar-refractivity contribution in [3.8, 4) is 6.07 Å². The molecular weight excluding hydrogens is 212 g/mol. The lowest BCUT2D eigenvalue weighted by Gasteiger charge is -2.37. The van der Waals surface area contributed by atoms with Crippen LogP contribution in [0, 0.1) is 11.3 Å². The van der Waals surface area contributed by atoms with Gasteiger partial charge in [-0.3, -0.25) is 4.90 Å². The number of nitrogens with zero attached hydrogens (tertiary/aromatic N) is 4. The molecule has 1 aliphatic rings. The van der Waals surface area contributed by atoms with Crippen LogP contribution in [0.5, 0.6) is 0 Å². The lowest BCUT2D eigenvalue weighted by molar-refractivity contribution is 0.209. The van der Waals surface area contributed by atoms with Crippen molar-refractivity contribution in [3.63, 3.8) is 0 Å². The fraction of sp³-hybridized carbons (Fsp3) is 0.538. The van der Waals surface area contributed by atoms with Gasteiger partial charge in [0.2, 0.25) is 0 Å². The van der Waals surface area contributed by atoms with Crippen molar-refractivity contribution in [2.24, 2.45) is 0 Å². The molecule has 0 spiro atoms. The van der Waals surface area contributed by atoms with Gasteiger partial charge in [0.05, 0.1) is 11.6 Å². The number of hydrogen-bond donors (Lipinski definition) is 0. The molecule has 4 nitrogen and oxygen atoms in total. The second kappa shape index (κ2) is 5.15. The highest BCUT2D eigenvalue weighted by molar-refractivity contribution is 5.45. The summed E-state index contributed by atoms with van der Waals surface area (Å²) in [6.07, 6.45) is 1.71. The quantitative estimate of drug-likeness (QED) is 0.772. The first kappa shape index (κ1) is 11.9. The van der Waals surface area contributed by atoms with E-state index in [0.29, 0.717) is 11.6 Å². The summed E-state index contributed by atoms with van der Waals surface area (Å²) >= 11 is 0. The maximum atomic E-state index is 8.87. The number of anilines is 1. The molecule has 0 atom stereocenters. The van der Waals surface area contributed by atoms with Gasteiger partial charge < -0.3 is 4.90 Å². The maximum Gasteiger partial charge on any atom is 0.129 e. The predicted octanol–water partition coefficient (Wildman–Crippen LogP) is 1.48. The van der Waals surface area contributed by atoms with Gasteiger partial charge in [-0.2, -0.15) is 5.26 Å². The molecule has 0 N–H and O–H groups in total. The molecule has 1 saturated heterocycles. The first-order valence-electron chi connectivity index (χ1n) is 6.06. The van der Waals surface area contributed by atoms with Crippen LogP contribution in [-0.2, 0) is 0 Å². The first-order valence-corrected chi connectivity index (χ1v) is 6.06. The minimum absolute atomic E-state index is 0.607. The van der Waals surface area contributed by atoms with Crippen LogP contribution < -0.4 is 4.90 Å². The molecule has 1 aromatic heterocycles. The zero-order valence-corrected chi connectivity index (χ0v) is 10.4. The molecule has 1 aliphatic heterocycles. The zero-order chi connectivity index (χ0) is 12.3. The van der Waals surface area contributed by atoms with Gasteiger partial charge in [-0.15, -0.1) is 0 Å². The van der Waals surface area contributed by atoms with Crippen LogP contribution in [0.2, 0.25) is 0 Å². The van der Waals surface area contributed by atoms with E-state index in [2.05, 4.69) is 34.7 Å². The molecule has 1 aromatic rings. The molecule has 0 unspecified atom stereocenters. The van der Waals surface area contributed by atoms with Gasteiger partial charge in [-0.05, 0) is 26.0 Å². The fourth-order valence-electron chi connectivity index (χ4n) is 2.13. The van der Waals surface area contributed by atoms with E-state index in [-0.39, 0.29) is 0 Å². The number of pyridine rings is 1. The van der Waals surface area contributed by atoms with E-state index in [1.165, 1.54) is 0 Å². The minimum atomic E-state index is 0.607. The van der Waals surface area contributed by atoms with Gasteiger partial charge in [0.25, 0.3) is 0 Å². The molecule has 2 rings (SSSR count). The molecule has 2 heterocycles. The smallest absolute Gasteiger partial charge is 0.129 e. The molecule has 17 heavy (non-hydrogen) atoms. The molecule has 4 heteroatoms. The summed E-state index contributed by atoms with van der Waals surface area (Å²) in [6.45, 7) is 8.56. The highest BCUT2D eigenvalue weighted by Gasteiger charge is 2.19. The van der Waals surface area contributed by atoms with E-state index < -0.39 is 0 Å². The van der Waals surface area contributed by atoms with Crippen LogP contribution in [0.1, 0.15) is 19.4 Å². The van der Waals surface area contributed by atoms with E-state index in [1.54, 1.807) is 12.3 Å². The topological polar surface area (TPSA) is 43.2 Å². The summed E-state index contributed by atoms with van der Waals surface area (Å²) < 4.78 is 0. The summed E-state index contributed by atoms with van der Waals surface area (Å²) in [5.41, 5.74) is 0.682. The lowest BCUT2D eigenvalue weighted by atomic mass is 10.2. The molecule has 0 aromatic carbocycles. The standard InChI is InChI=1S/C13H18N4/c1-11(2)16-5-7-17(8-6-16)13-9-12(10-14)3-4-15-13/h3-4,9,11H,5-8H2,1-2H3. The monoisotopic (exact) mass is 230 g/mol. The van der Waals surface area contributed by atoms with Gasteiger partial charge in [0.15, 0.2) is 0 Å². The SMILES string of the molecule is CC(C)N1CCN(c2cc(C#N)ccn2)CC1. The van der Waals surface area contributed by atoms with Gasteiger partial charge in [0, 0.05) is 38.4 Å². The highest BCUT2D eigenvalue weighted by Crippen LogP contribution is 2.15. The van der Waals surface area contributed by atoms with Gasteiger partial charge in [-0.25, -0.2) is 4.98 Å². The Morgan fingerprint density at radius 3 is 2.59 bits per heavy atom. The van der Waals surface area contributed by atoms with E-state index >= 15 is 0 Å². The van der Waals surface area contributed by atoms with Gasteiger partial charge in [-0.1, -0.05) is 0 Å². The highest BCUT2D eigenvalue weighted by atomic mass is 15.3. The normalized spacial score (nSPS) is 17.2. The summed E-state index contributed by atoms with van der Waals surface area (Å²) in [5.74, 6) is 0.924. The van der Waals surface area contributed by atoms with Crippen molar-refractivity contribution < 1.29 is 0 Å². The third-order valence-electron chi connectivity index (χ3n) is 3.24. The Morgan fingerprint density at radius 2 is 2.00 bits per heavy atom. The number of piperazine rings is 1. The summed E-state index contributed by atoms with van der Waals surface area (Å²) in [7, 11) is 0. The summed E-state index contributed by atoms with van der Waals surface area (Å²) in [5, 5.41) is 8.87. The van der Waals surface area contributed by atoms with Crippen molar-refractivity contribution >= 4 is 5.82 Å². The fourth-order valence-corrected chi connectivity index (χ4v) is 2.13. The summed E-state index contributed by atoms with van der Waals surface area (Å²) in [4.78, 5) is 9.05. The van der Waals surface area contributed by atoms with E-state index in [0.717, 1.165) is 32.0 Å². The van der Waals surface area contributed by atoms with Crippen molar-refractivity contribution in [2.75, 3.05) is 31.1 Å².